The fourth-order valence-corrected chi connectivity index (χ4v) is 1.73. The molecule has 1 aromatic rings. The number of methoxy groups -OCH3 is 1. The number of alkyl carbamates (subject to hydrolysis) is 1. The number of carboxylic acids is 1. The number of hydrogen-bond acceptors (Lipinski definition) is 6. The maximum Gasteiger partial charge on any atom is 0.407 e. The number of nitrogens with one attached hydrogen (secondary N) is 1. The van der Waals surface area contributed by atoms with Crippen LogP contribution in [0.5, 0.6) is 11.5 Å². The van der Waals surface area contributed by atoms with Gasteiger partial charge in [-0.1, -0.05) is 26.0 Å². The lowest BCUT2D eigenvalue weighted by atomic mass is 10.1. The number of amides is 1. The normalized spacial score (nSPS) is 17.2. The molecule has 8 heteroatoms. The van der Waals surface area contributed by atoms with Crippen molar-refractivity contribution >= 4 is 12.1 Å². The van der Waals surface area contributed by atoms with Crippen molar-refractivity contribution in [3.63, 3.8) is 0 Å². The average molecular weight is 340 g/mol. The molecule has 0 spiro atoms. The summed E-state index contributed by atoms with van der Waals surface area (Å²) in [5.41, 5.74) is 5.16. The number of para-hydroxylation sites is 2. The Hall–Kier alpha value is -2.48. The number of nitrogens with two attached hydrogens (primary N) is 1. The van der Waals surface area contributed by atoms with Gasteiger partial charge in [-0.05, 0) is 18.1 Å². The van der Waals surface area contributed by atoms with Gasteiger partial charge in [-0.25, -0.2) is 4.79 Å². The molecule has 0 aliphatic carbocycles. The molecule has 1 unspecified atom stereocenters. The van der Waals surface area contributed by atoms with Gasteiger partial charge in [-0.2, -0.15) is 0 Å². The molecule has 1 aliphatic heterocycles. The van der Waals surface area contributed by atoms with Gasteiger partial charge >= 0.3 is 12.1 Å². The molecular formula is C16H24N2O6. The van der Waals surface area contributed by atoms with E-state index in [1.54, 1.807) is 21.0 Å². The number of carbonyl (C=O) groups excluding carboxylic acids is 1. The molecule has 2 atom stereocenters. The van der Waals surface area contributed by atoms with Crippen LogP contribution in [0, 0.1) is 5.92 Å². The maximum atomic E-state index is 10.8. The number of cyclic esters (lactones) is 1. The van der Waals surface area contributed by atoms with Crippen LogP contribution in [0.4, 0.5) is 4.79 Å². The van der Waals surface area contributed by atoms with E-state index in [0.29, 0.717) is 24.7 Å². The Morgan fingerprint density at radius 3 is 2.46 bits per heavy atom. The van der Waals surface area contributed by atoms with Crippen LogP contribution in [0.3, 0.4) is 0 Å². The summed E-state index contributed by atoms with van der Waals surface area (Å²) in [6.07, 6.45) is -0.633. The first-order valence-electron chi connectivity index (χ1n) is 7.53. The van der Waals surface area contributed by atoms with Crippen molar-refractivity contribution in [3.05, 3.63) is 24.3 Å². The third-order valence-electron chi connectivity index (χ3n) is 3.24. The third kappa shape index (κ3) is 6.33. The van der Waals surface area contributed by atoms with E-state index in [1.807, 2.05) is 24.3 Å². The van der Waals surface area contributed by atoms with Crippen LogP contribution in [0.25, 0.3) is 0 Å². The standard InChI is InChI=1S/C11H13NO4.C5H11NO2/c1-14-9-4-2-3-5-10(9)15-7-8-6-12-11(13)16-8;1-3(2)4(6)5(7)8/h2-5,8H,6-7H2,1H3,(H,12,13);3-4H,6H2,1-2H3,(H,7,8)/t;4-/m.0/s1. The topological polar surface area (TPSA) is 120 Å². The van der Waals surface area contributed by atoms with Crippen LogP contribution >= 0.6 is 0 Å². The highest BCUT2D eigenvalue weighted by atomic mass is 16.6. The second-order valence-corrected chi connectivity index (χ2v) is 5.48. The van der Waals surface area contributed by atoms with Crippen molar-refractivity contribution in [3.8, 4) is 11.5 Å². The number of ether oxygens (including phenoxy) is 3. The predicted molar refractivity (Wildman–Crippen MR) is 87.2 cm³/mol. The van der Waals surface area contributed by atoms with E-state index in [0.717, 1.165) is 0 Å². The molecule has 1 heterocycles. The van der Waals surface area contributed by atoms with Crippen LogP contribution < -0.4 is 20.5 Å². The van der Waals surface area contributed by atoms with Gasteiger partial charge in [0, 0.05) is 0 Å². The Morgan fingerprint density at radius 2 is 2.04 bits per heavy atom. The van der Waals surface area contributed by atoms with Crippen LogP contribution in [-0.4, -0.2) is 49.6 Å². The minimum atomic E-state index is -0.931. The second kappa shape index (κ2) is 9.61. The molecule has 1 fully saturated rings. The van der Waals surface area contributed by atoms with Crippen molar-refractivity contribution in [2.24, 2.45) is 11.7 Å². The molecule has 8 nitrogen and oxygen atoms in total. The monoisotopic (exact) mass is 340 g/mol. The van der Waals surface area contributed by atoms with E-state index >= 15 is 0 Å². The number of carboxylic acid groups (broad SMARTS) is 1. The number of aliphatic carboxylic acids is 1. The Balaban J connectivity index is 0.000000307. The molecular weight excluding hydrogens is 316 g/mol. The molecule has 1 aromatic carbocycles. The summed E-state index contributed by atoms with van der Waals surface area (Å²) in [5, 5.41) is 10.8. The molecule has 0 bridgehead atoms. The van der Waals surface area contributed by atoms with E-state index in [2.05, 4.69) is 5.32 Å². The first kappa shape index (κ1) is 19.6. The second-order valence-electron chi connectivity index (χ2n) is 5.48. The van der Waals surface area contributed by atoms with Gasteiger partial charge < -0.3 is 30.4 Å². The predicted octanol–water partition coefficient (Wildman–Crippen LogP) is 1.24. The highest BCUT2D eigenvalue weighted by Gasteiger charge is 2.23. The zero-order valence-electron chi connectivity index (χ0n) is 14.0. The van der Waals surface area contributed by atoms with E-state index in [1.165, 1.54) is 0 Å². The highest BCUT2D eigenvalue weighted by molar-refractivity contribution is 5.73. The molecule has 0 saturated carbocycles. The maximum absolute atomic E-state index is 10.8. The number of carbonyl (C=O) groups is 2. The first-order valence-corrected chi connectivity index (χ1v) is 7.53. The molecule has 0 aromatic heterocycles. The summed E-state index contributed by atoms with van der Waals surface area (Å²) in [6, 6.07) is 6.63. The van der Waals surface area contributed by atoms with Crippen molar-refractivity contribution in [2.45, 2.75) is 26.0 Å². The fraction of sp³-hybridized carbons (Fsp3) is 0.500. The zero-order chi connectivity index (χ0) is 18.1. The summed E-state index contributed by atoms with van der Waals surface area (Å²) in [4.78, 5) is 20.8. The SMILES string of the molecule is CC(C)[C@H](N)C(=O)O.COc1ccccc1OCC1CNC(=O)O1. The highest BCUT2D eigenvalue weighted by Crippen LogP contribution is 2.26. The molecule has 1 amide bonds. The lowest BCUT2D eigenvalue weighted by Crippen LogP contribution is -2.34. The molecule has 134 valence electrons. The van der Waals surface area contributed by atoms with Crippen LogP contribution in [0.15, 0.2) is 24.3 Å². The fourth-order valence-electron chi connectivity index (χ4n) is 1.73. The third-order valence-corrected chi connectivity index (χ3v) is 3.24. The van der Waals surface area contributed by atoms with Gasteiger partial charge in [0.2, 0.25) is 0 Å². The largest absolute Gasteiger partial charge is 0.493 e. The number of rotatable bonds is 6. The summed E-state index contributed by atoms with van der Waals surface area (Å²) >= 11 is 0. The minimum absolute atomic E-state index is 0.0208. The van der Waals surface area contributed by atoms with E-state index in [9.17, 15) is 9.59 Å². The Bertz CT molecular complexity index is 549. The van der Waals surface area contributed by atoms with E-state index < -0.39 is 18.1 Å². The summed E-state index contributed by atoms with van der Waals surface area (Å²) in [5.74, 6) is 0.403. The molecule has 24 heavy (non-hydrogen) atoms. The van der Waals surface area contributed by atoms with Crippen LogP contribution in [0.1, 0.15) is 13.8 Å². The summed E-state index contributed by atoms with van der Waals surface area (Å²) in [6.45, 7) is 4.35. The molecule has 1 saturated heterocycles. The molecule has 0 radical (unpaired) electrons. The van der Waals surface area contributed by atoms with Gasteiger partial charge in [0.15, 0.2) is 17.6 Å². The van der Waals surface area contributed by atoms with Gasteiger partial charge in [0.05, 0.1) is 13.7 Å². The van der Waals surface area contributed by atoms with Crippen LogP contribution in [-0.2, 0) is 9.53 Å². The van der Waals surface area contributed by atoms with Gasteiger partial charge in [-0.3, -0.25) is 4.79 Å². The smallest absolute Gasteiger partial charge is 0.407 e. The van der Waals surface area contributed by atoms with Gasteiger partial charge in [0.1, 0.15) is 12.6 Å². The van der Waals surface area contributed by atoms with Gasteiger partial charge in [-0.15, -0.1) is 0 Å². The molecule has 1 aliphatic rings. The lowest BCUT2D eigenvalue weighted by Gasteiger charge is -2.12. The number of benzene rings is 1. The lowest BCUT2D eigenvalue weighted by molar-refractivity contribution is -0.139. The van der Waals surface area contributed by atoms with E-state index in [-0.39, 0.29) is 12.0 Å². The van der Waals surface area contributed by atoms with Crippen molar-refractivity contribution in [1.29, 1.82) is 0 Å². The zero-order valence-corrected chi connectivity index (χ0v) is 14.0. The summed E-state index contributed by atoms with van der Waals surface area (Å²) < 4.78 is 15.6. The molecule has 2 rings (SSSR count). The Morgan fingerprint density at radius 1 is 1.42 bits per heavy atom. The van der Waals surface area contributed by atoms with Crippen LogP contribution in [0.2, 0.25) is 0 Å². The van der Waals surface area contributed by atoms with Gasteiger partial charge in [0.25, 0.3) is 0 Å². The Kier molecular flexibility index (Phi) is 7.84. The minimum Gasteiger partial charge on any atom is -0.493 e. The van der Waals surface area contributed by atoms with E-state index in [4.69, 9.17) is 25.1 Å². The number of hydrogen-bond donors (Lipinski definition) is 3. The molecule has 4 N–H and O–H groups in total. The van der Waals surface area contributed by atoms with Crippen molar-refractivity contribution in [2.75, 3.05) is 20.3 Å². The quantitative estimate of drug-likeness (QED) is 0.712. The van der Waals surface area contributed by atoms with Crippen molar-refractivity contribution in [1.82, 2.24) is 5.32 Å². The Labute approximate surface area is 140 Å². The van der Waals surface area contributed by atoms with Crippen molar-refractivity contribution < 1.29 is 28.9 Å². The summed E-state index contributed by atoms with van der Waals surface area (Å²) in [7, 11) is 1.58. The average Bonchev–Trinajstić information content (AvgIpc) is 2.98. The first-order chi connectivity index (χ1) is 11.3.